The van der Waals surface area contributed by atoms with Gasteiger partial charge >= 0.3 is 7.12 Å². The second kappa shape index (κ2) is 26.1. The van der Waals surface area contributed by atoms with Gasteiger partial charge < -0.3 is 9.31 Å². The maximum atomic E-state index is 6.27. The number of benzene rings is 9. The van der Waals surface area contributed by atoms with E-state index >= 15 is 0 Å². The molecule has 0 amide bonds. The zero-order valence-corrected chi connectivity index (χ0v) is 63.3. The molecule has 0 N–H and O–H groups in total. The van der Waals surface area contributed by atoms with Crippen molar-refractivity contribution in [2.45, 2.75) is 96.7 Å². The Bertz CT molecular complexity index is 5280. The van der Waals surface area contributed by atoms with Gasteiger partial charge in [0.2, 0.25) is 0 Å². The quantitative estimate of drug-likeness (QED) is 0.132. The van der Waals surface area contributed by atoms with Crippen molar-refractivity contribution in [1.82, 2.24) is 29.9 Å². The van der Waals surface area contributed by atoms with Crippen molar-refractivity contribution in [1.29, 1.82) is 0 Å². The maximum Gasteiger partial charge on any atom is 0.494 e. The average molecular weight is 1490 g/mol. The van der Waals surface area contributed by atoms with Crippen LogP contribution < -0.4 is 5.46 Å². The molecule has 18 rings (SSSR count). The Morgan fingerprint density at radius 1 is 0.275 bits per heavy atom. The third-order valence-corrected chi connectivity index (χ3v) is 24.4. The Labute approximate surface area is 622 Å². The third kappa shape index (κ3) is 12.0. The highest BCUT2D eigenvalue weighted by molar-refractivity contribution is 9.12. The molecule has 0 bridgehead atoms. The van der Waals surface area contributed by atoms with Gasteiger partial charge in [-0.15, -0.1) is 22.7 Å². The van der Waals surface area contributed by atoms with Gasteiger partial charge in [-0.1, -0.05) is 278 Å². The fourth-order valence-electron chi connectivity index (χ4n) is 14.9. The van der Waals surface area contributed by atoms with Crippen molar-refractivity contribution in [3.63, 3.8) is 0 Å². The average Bonchev–Trinajstić information content (AvgIpc) is 1.57. The molecule has 4 aliphatic rings. The Morgan fingerprint density at radius 3 is 0.853 bits per heavy atom. The first-order valence-corrected chi connectivity index (χ1v) is 37.8. The van der Waals surface area contributed by atoms with Crippen LogP contribution in [0.15, 0.2) is 268 Å². The van der Waals surface area contributed by atoms with Crippen molar-refractivity contribution in [3.05, 3.63) is 302 Å². The molecule has 14 aromatic rings. The van der Waals surface area contributed by atoms with Crippen LogP contribution in [0, 0.1) is 0 Å². The predicted octanol–water partition coefficient (Wildman–Crippen LogP) is 23.6. The largest absolute Gasteiger partial charge is 0.494 e. The lowest BCUT2D eigenvalue weighted by Gasteiger charge is -2.32. The van der Waals surface area contributed by atoms with E-state index in [1.807, 2.05) is 78.1 Å². The molecule has 0 atom stereocenters. The van der Waals surface area contributed by atoms with E-state index in [2.05, 4.69) is 295 Å². The minimum absolute atomic E-state index is 0.207. The van der Waals surface area contributed by atoms with E-state index in [4.69, 9.17) is 39.2 Å². The summed E-state index contributed by atoms with van der Waals surface area (Å²) in [7, 11) is -0.388. The third-order valence-electron chi connectivity index (χ3n) is 21.0. The molecule has 1 fully saturated rings. The molecule has 0 unspecified atom stereocenters. The molecular weight excluding hydrogens is 1420 g/mol. The molecule has 500 valence electrons. The van der Waals surface area contributed by atoms with Crippen molar-refractivity contribution >= 4 is 67.1 Å². The highest BCUT2D eigenvalue weighted by atomic mass is 79.9. The smallest absolute Gasteiger partial charge is 0.399 e. The second-order valence-electron chi connectivity index (χ2n) is 29.0. The van der Waals surface area contributed by atoms with E-state index in [-0.39, 0.29) is 34.6 Å². The van der Waals surface area contributed by atoms with Crippen LogP contribution in [0.25, 0.3) is 123 Å². The summed E-state index contributed by atoms with van der Waals surface area (Å²) < 4.78 is 14.9. The molecule has 5 aromatic heterocycles. The molecule has 3 aliphatic carbocycles. The Balaban J connectivity index is 0.000000158. The van der Waals surface area contributed by atoms with Gasteiger partial charge in [-0.2, -0.15) is 0 Å². The highest BCUT2D eigenvalue weighted by Crippen LogP contribution is 2.55. The van der Waals surface area contributed by atoms with E-state index in [1.54, 1.807) is 11.3 Å². The zero-order valence-electron chi connectivity index (χ0n) is 58.5. The van der Waals surface area contributed by atoms with E-state index in [9.17, 15) is 0 Å². The van der Waals surface area contributed by atoms with Crippen molar-refractivity contribution in [2.24, 2.45) is 0 Å². The van der Waals surface area contributed by atoms with Gasteiger partial charge in [-0.25, -0.2) is 29.9 Å². The van der Waals surface area contributed by atoms with Crippen LogP contribution in [0.3, 0.4) is 0 Å². The summed E-state index contributed by atoms with van der Waals surface area (Å²) >= 11 is 10.1. The van der Waals surface area contributed by atoms with E-state index < -0.39 is 0 Å². The van der Waals surface area contributed by atoms with Crippen molar-refractivity contribution in [2.75, 3.05) is 0 Å². The van der Waals surface area contributed by atoms with E-state index in [1.165, 1.54) is 78.5 Å². The first kappa shape index (κ1) is 67.1. The molecule has 6 heterocycles. The van der Waals surface area contributed by atoms with Gasteiger partial charge in [-0.3, -0.25) is 0 Å². The standard InChI is InChI=1S/C54H40N4S.C31H31BN2O2.C4H2Br2S/c1-53(2)41-21-13-11-19-39(41)49-45(53)47(55-51(57-49)37-15-7-5-8-16-37)35-27-23-33(24-28-35)43-31-32-44(59-43)34-25-29-36(30-26-34)48-46-50(40-20-12-14-22-42(40)54(46,3)4)58-52(56-48)38-17-9-6-10-18-38;1-29(2)24-15-11-10-14-23(24)27-25(29)26(33-28(34-27)21-12-8-7-9-13-21)20-16-18-22(19-17-20)32-35-30(3,4)31(5,6)36-32;5-3-1-2-4(6)7-3/h5-32H,1-4H3;7-19H,1-6H3;1-2H. The summed E-state index contributed by atoms with van der Waals surface area (Å²) in [6.07, 6.45) is 0. The Hall–Kier alpha value is -9.44. The summed E-state index contributed by atoms with van der Waals surface area (Å²) in [6.45, 7) is 22.0. The molecule has 1 aliphatic heterocycles. The molecule has 1 saturated heterocycles. The van der Waals surface area contributed by atoms with Gasteiger partial charge in [0.25, 0.3) is 0 Å². The molecule has 8 nitrogen and oxygen atoms in total. The topological polar surface area (TPSA) is 95.8 Å². The summed E-state index contributed by atoms with van der Waals surface area (Å²) in [5, 5.41) is 0. The van der Waals surface area contributed by atoms with Crippen LogP contribution in [0.5, 0.6) is 0 Å². The number of fused-ring (bicyclic) bond motifs is 9. The summed E-state index contributed by atoms with van der Waals surface area (Å²) in [5.74, 6) is 2.24. The number of rotatable bonds is 9. The second-order valence-corrected chi connectivity index (χ2v) is 34.0. The van der Waals surface area contributed by atoms with Crippen molar-refractivity contribution < 1.29 is 9.31 Å². The van der Waals surface area contributed by atoms with Gasteiger partial charge in [0.1, 0.15) is 0 Å². The molecular formula is C89H73BBr2N6O2S2. The molecule has 9 aromatic carbocycles. The number of hydrogen-bond donors (Lipinski definition) is 0. The highest BCUT2D eigenvalue weighted by Gasteiger charge is 2.52. The molecule has 0 radical (unpaired) electrons. The minimum atomic E-state index is -0.388. The van der Waals surface area contributed by atoms with E-state index in [0.717, 1.165) is 90.5 Å². The minimum Gasteiger partial charge on any atom is -0.399 e. The number of nitrogens with zero attached hydrogens (tertiary/aromatic N) is 6. The molecule has 0 saturated carbocycles. The Morgan fingerprint density at radius 2 is 0.549 bits per heavy atom. The number of thiophene rings is 2. The first-order chi connectivity index (χ1) is 49.1. The molecule has 0 spiro atoms. The molecule has 102 heavy (non-hydrogen) atoms. The van der Waals surface area contributed by atoms with Crippen LogP contribution in [-0.2, 0) is 25.6 Å². The predicted molar refractivity (Wildman–Crippen MR) is 429 cm³/mol. The lowest BCUT2D eigenvalue weighted by atomic mass is 9.77. The lowest BCUT2D eigenvalue weighted by molar-refractivity contribution is 0.00578. The fraction of sp³-hybridized carbons (Fsp3) is 0.169. The number of aromatic nitrogens is 6. The van der Waals surface area contributed by atoms with Gasteiger partial charge in [0.15, 0.2) is 17.5 Å². The SMILES string of the molecule is Brc1ccc(Br)s1.CC1(C)c2ccccc2-c2nc(-c3ccccc3)nc(-c3ccc(-c4ccc(-c5ccc(-c6nc(-c7ccccc7)nc7c6C(C)(C)c6ccccc6-7)cc5)s4)cc3)c21.CC1(C)c2ccccc2-c2nc(-c3ccccc3)nc(-c3ccc(B4OC(C)(C)C(C)(C)O4)cc3)c21. The van der Waals surface area contributed by atoms with Gasteiger partial charge in [-0.05, 0) is 117 Å². The van der Waals surface area contributed by atoms with Crippen molar-refractivity contribution in [3.8, 4) is 123 Å². The summed E-state index contributed by atoms with van der Waals surface area (Å²) in [4.78, 5) is 33.7. The number of halogens is 2. The first-order valence-electron chi connectivity index (χ1n) is 34.5. The Kier molecular flexibility index (Phi) is 17.2. The van der Waals surface area contributed by atoms with Crippen LogP contribution in [0.2, 0.25) is 0 Å². The fourth-order valence-corrected chi connectivity index (χ4v) is 18.4. The molecule has 13 heteroatoms. The lowest BCUT2D eigenvalue weighted by Crippen LogP contribution is -2.41. The van der Waals surface area contributed by atoms with Gasteiger partial charge in [0, 0.05) is 92.8 Å². The number of hydrogen-bond acceptors (Lipinski definition) is 10. The zero-order chi connectivity index (χ0) is 70.5. The summed E-state index contributed by atoms with van der Waals surface area (Å²) in [5.41, 5.74) is 25.3. The monoisotopic (exact) mass is 1490 g/mol. The maximum absolute atomic E-state index is 6.27. The van der Waals surface area contributed by atoms with Gasteiger partial charge in [0.05, 0.1) is 52.9 Å². The summed E-state index contributed by atoms with van der Waals surface area (Å²) in [6, 6.07) is 91.6. The van der Waals surface area contributed by atoms with Crippen LogP contribution in [0.4, 0.5) is 0 Å². The van der Waals surface area contributed by atoms with Crippen LogP contribution in [-0.4, -0.2) is 48.2 Å². The van der Waals surface area contributed by atoms with Crippen LogP contribution in [0.1, 0.15) is 103 Å². The van der Waals surface area contributed by atoms with Crippen LogP contribution >= 0.6 is 54.5 Å². The van der Waals surface area contributed by atoms with E-state index in [0.29, 0.717) is 0 Å². The normalized spacial score (nSPS) is 15.4.